The molecule has 2 saturated heterocycles. The average Bonchev–Trinajstić information content (AvgIpc) is 2.69. The molecule has 2 aliphatic heterocycles. The molecule has 0 bridgehead atoms. The first-order chi connectivity index (χ1) is 13.0. The highest BCUT2D eigenvalue weighted by molar-refractivity contribution is 7.86. The van der Waals surface area contributed by atoms with E-state index in [4.69, 9.17) is 4.74 Å². The normalized spacial score (nSPS) is 20.6. The Bertz CT molecular complexity index is 712. The molecule has 2 fully saturated rings. The Morgan fingerprint density at radius 3 is 2.04 bits per heavy atom. The first-order valence-electron chi connectivity index (χ1n) is 9.44. The van der Waals surface area contributed by atoms with Gasteiger partial charge in [-0.2, -0.15) is 17.0 Å². The Labute approximate surface area is 161 Å². The molecular weight excluding hydrogens is 368 g/mol. The average molecular weight is 397 g/mol. The van der Waals surface area contributed by atoms with E-state index in [1.165, 1.54) is 9.87 Å². The van der Waals surface area contributed by atoms with E-state index in [2.05, 4.69) is 17.0 Å². The topological polar surface area (TPSA) is 73.4 Å². The quantitative estimate of drug-likeness (QED) is 0.737. The fourth-order valence-corrected chi connectivity index (χ4v) is 5.02. The predicted molar refractivity (Wildman–Crippen MR) is 102 cm³/mol. The molecule has 2 heterocycles. The minimum atomic E-state index is -3.48. The Hall–Kier alpha value is -1.68. The van der Waals surface area contributed by atoms with Gasteiger partial charge in [-0.25, -0.2) is 4.79 Å². The summed E-state index contributed by atoms with van der Waals surface area (Å²) in [6.45, 7) is 6.71. The van der Waals surface area contributed by atoms with Gasteiger partial charge < -0.3 is 9.64 Å². The van der Waals surface area contributed by atoms with E-state index in [9.17, 15) is 13.2 Å². The molecule has 1 aromatic rings. The van der Waals surface area contributed by atoms with E-state index in [1.54, 1.807) is 16.1 Å². The number of hydrogen-bond donors (Lipinski definition) is 0. The van der Waals surface area contributed by atoms with Gasteiger partial charge in [-0.15, -0.1) is 0 Å². The van der Waals surface area contributed by atoms with Crippen molar-refractivity contribution in [2.75, 3.05) is 59.0 Å². The van der Waals surface area contributed by atoms with Crippen molar-refractivity contribution >= 4 is 16.3 Å². The van der Waals surface area contributed by atoms with Crippen LogP contribution in [0.3, 0.4) is 0 Å². The van der Waals surface area contributed by atoms with E-state index in [0.29, 0.717) is 45.9 Å². The Morgan fingerprint density at radius 2 is 1.48 bits per heavy atom. The van der Waals surface area contributed by atoms with Crippen molar-refractivity contribution in [2.24, 2.45) is 0 Å². The van der Waals surface area contributed by atoms with Gasteiger partial charge in [-0.05, 0) is 12.5 Å². The Balaban J connectivity index is 1.49. The van der Waals surface area contributed by atoms with Gasteiger partial charge in [-0.1, -0.05) is 30.3 Å². The molecule has 0 unspecified atom stereocenters. The number of rotatable bonds is 5. The van der Waals surface area contributed by atoms with Crippen molar-refractivity contribution in [3.63, 3.8) is 0 Å². The lowest BCUT2D eigenvalue weighted by Crippen LogP contribution is -2.57. The van der Waals surface area contributed by atoms with E-state index < -0.39 is 10.2 Å². The van der Waals surface area contributed by atoms with Crippen molar-refractivity contribution < 1.29 is 17.9 Å². The van der Waals surface area contributed by atoms with Gasteiger partial charge in [0.05, 0.1) is 6.61 Å². The number of carbonyl (C=O) groups is 1. The van der Waals surface area contributed by atoms with Crippen LogP contribution in [0.25, 0.3) is 0 Å². The van der Waals surface area contributed by atoms with Crippen LogP contribution in [0, 0.1) is 0 Å². The molecule has 0 spiro atoms. The van der Waals surface area contributed by atoms with Crippen LogP contribution in [0.1, 0.15) is 12.5 Å². The van der Waals surface area contributed by atoms with Crippen LogP contribution in [0.15, 0.2) is 30.3 Å². The molecule has 0 aliphatic carbocycles. The van der Waals surface area contributed by atoms with Crippen LogP contribution in [0.2, 0.25) is 0 Å². The van der Waals surface area contributed by atoms with Gasteiger partial charge in [0.25, 0.3) is 10.2 Å². The summed E-state index contributed by atoms with van der Waals surface area (Å²) in [6.07, 6.45) is -0.371. The van der Waals surface area contributed by atoms with Crippen LogP contribution in [-0.2, 0) is 21.5 Å². The zero-order valence-corrected chi connectivity index (χ0v) is 16.6. The van der Waals surface area contributed by atoms with Gasteiger partial charge in [-0.3, -0.25) is 4.90 Å². The second-order valence-electron chi connectivity index (χ2n) is 6.75. The second kappa shape index (κ2) is 9.01. The Morgan fingerprint density at radius 1 is 0.926 bits per heavy atom. The second-order valence-corrected chi connectivity index (χ2v) is 8.68. The summed E-state index contributed by atoms with van der Waals surface area (Å²) in [4.78, 5) is 15.6. The van der Waals surface area contributed by atoms with Gasteiger partial charge in [0.15, 0.2) is 0 Å². The number of carbonyl (C=O) groups excluding carboxylic acids is 1. The van der Waals surface area contributed by atoms with Crippen LogP contribution in [-0.4, -0.2) is 91.9 Å². The SMILES string of the molecule is CCOC(=O)N1CCN(S(=O)(=O)N2CCN(Cc3ccccc3)CC2)CC1. The number of amides is 1. The highest BCUT2D eigenvalue weighted by Crippen LogP contribution is 2.16. The highest BCUT2D eigenvalue weighted by atomic mass is 32.2. The van der Waals surface area contributed by atoms with E-state index >= 15 is 0 Å². The summed E-state index contributed by atoms with van der Waals surface area (Å²) in [5.74, 6) is 0. The zero-order valence-electron chi connectivity index (χ0n) is 15.8. The Kier molecular flexibility index (Phi) is 6.69. The summed E-state index contributed by atoms with van der Waals surface area (Å²) < 4.78 is 33.8. The number of nitrogens with zero attached hydrogens (tertiary/aromatic N) is 4. The predicted octanol–water partition coefficient (Wildman–Crippen LogP) is 0.823. The van der Waals surface area contributed by atoms with E-state index in [-0.39, 0.29) is 6.09 Å². The van der Waals surface area contributed by atoms with Crippen molar-refractivity contribution in [3.05, 3.63) is 35.9 Å². The third-order valence-corrected chi connectivity index (χ3v) is 7.03. The van der Waals surface area contributed by atoms with Crippen molar-refractivity contribution in [1.29, 1.82) is 0 Å². The molecule has 1 aromatic carbocycles. The lowest BCUT2D eigenvalue weighted by atomic mass is 10.2. The third kappa shape index (κ3) is 4.98. The molecule has 9 heteroatoms. The number of benzene rings is 1. The van der Waals surface area contributed by atoms with Crippen molar-refractivity contribution in [1.82, 2.24) is 18.4 Å². The molecule has 0 saturated carbocycles. The zero-order chi connectivity index (χ0) is 19.3. The summed E-state index contributed by atoms with van der Waals surface area (Å²) in [5.41, 5.74) is 1.24. The first-order valence-corrected chi connectivity index (χ1v) is 10.8. The van der Waals surface area contributed by atoms with Gasteiger partial charge in [0.1, 0.15) is 0 Å². The summed E-state index contributed by atoms with van der Waals surface area (Å²) in [5, 5.41) is 0. The molecule has 0 aromatic heterocycles. The van der Waals surface area contributed by atoms with Crippen molar-refractivity contribution in [3.8, 4) is 0 Å². The number of hydrogen-bond acceptors (Lipinski definition) is 5. The molecule has 8 nitrogen and oxygen atoms in total. The third-order valence-electron chi connectivity index (χ3n) is 5.00. The van der Waals surface area contributed by atoms with Crippen LogP contribution in [0.5, 0.6) is 0 Å². The van der Waals surface area contributed by atoms with E-state index in [1.807, 2.05) is 18.2 Å². The molecule has 150 valence electrons. The molecular formula is C18H28N4O4S. The largest absolute Gasteiger partial charge is 0.450 e. The maximum absolute atomic E-state index is 12.9. The fourth-order valence-electron chi connectivity index (χ4n) is 3.44. The molecule has 0 atom stereocenters. The summed E-state index contributed by atoms with van der Waals surface area (Å²) in [6, 6.07) is 10.2. The number of piperazine rings is 2. The maximum Gasteiger partial charge on any atom is 0.409 e. The van der Waals surface area contributed by atoms with Gasteiger partial charge in [0, 0.05) is 58.9 Å². The van der Waals surface area contributed by atoms with Crippen LogP contribution < -0.4 is 0 Å². The van der Waals surface area contributed by atoms with Crippen molar-refractivity contribution in [2.45, 2.75) is 13.5 Å². The fraction of sp³-hybridized carbons (Fsp3) is 0.611. The lowest BCUT2D eigenvalue weighted by Gasteiger charge is -2.39. The minimum absolute atomic E-state index is 0.311. The molecule has 3 rings (SSSR count). The first kappa shape index (κ1) is 20.1. The van der Waals surface area contributed by atoms with Crippen LogP contribution >= 0.6 is 0 Å². The maximum atomic E-state index is 12.9. The molecule has 0 N–H and O–H groups in total. The summed E-state index contributed by atoms with van der Waals surface area (Å²) >= 11 is 0. The van der Waals surface area contributed by atoms with Gasteiger partial charge >= 0.3 is 6.09 Å². The monoisotopic (exact) mass is 396 g/mol. The standard InChI is InChI=1S/C18H28N4O4S/c1-2-26-18(23)20-10-14-22(15-11-20)27(24,25)21-12-8-19(9-13-21)16-17-6-4-3-5-7-17/h3-7H,2,8-16H2,1H3. The van der Waals surface area contributed by atoms with Gasteiger partial charge in [0.2, 0.25) is 0 Å². The molecule has 27 heavy (non-hydrogen) atoms. The molecule has 0 radical (unpaired) electrons. The summed E-state index contributed by atoms with van der Waals surface area (Å²) in [7, 11) is -3.48. The molecule has 1 amide bonds. The highest BCUT2D eigenvalue weighted by Gasteiger charge is 2.35. The lowest BCUT2D eigenvalue weighted by molar-refractivity contribution is 0.0915. The minimum Gasteiger partial charge on any atom is -0.450 e. The van der Waals surface area contributed by atoms with E-state index in [0.717, 1.165) is 19.6 Å². The number of ether oxygens (including phenoxy) is 1. The molecule has 2 aliphatic rings. The smallest absolute Gasteiger partial charge is 0.409 e. The van der Waals surface area contributed by atoms with Crippen LogP contribution in [0.4, 0.5) is 4.79 Å².